The van der Waals surface area contributed by atoms with Crippen LogP contribution in [0.1, 0.15) is 11.6 Å². The van der Waals surface area contributed by atoms with Gasteiger partial charge in [0.05, 0.1) is 0 Å². The summed E-state index contributed by atoms with van der Waals surface area (Å²) in [7, 11) is 0. The third-order valence-corrected chi connectivity index (χ3v) is 4.23. The summed E-state index contributed by atoms with van der Waals surface area (Å²) in [6.45, 7) is 0. The lowest BCUT2D eigenvalue weighted by Crippen LogP contribution is -2.40. The van der Waals surface area contributed by atoms with Crippen LogP contribution in [0.4, 0.5) is 23.7 Å². The Balaban J connectivity index is 1.71. The molecule has 0 aliphatic rings. The number of nitrogens with zero attached hydrogens (tertiary/aromatic N) is 1. The van der Waals surface area contributed by atoms with Crippen LogP contribution in [0, 0.1) is 0 Å². The van der Waals surface area contributed by atoms with Crippen molar-refractivity contribution < 1.29 is 32.3 Å². The molecule has 0 saturated carbocycles. The molecule has 2 amide bonds. The lowest BCUT2D eigenvalue weighted by atomic mass is 10.1. The second-order valence-corrected chi connectivity index (χ2v) is 6.46. The van der Waals surface area contributed by atoms with E-state index in [2.05, 4.69) is 20.4 Å². The highest BCUT2D eigenvalue weighted by Gasteiger charge is 2.43. The molecular formula is C22H16F3N3O4. The van der Waals surface area contributed by atoms with Gasteiger partial charge < -0.3 is 15.4 Å². The lowest BCUT2D eigenvalue weighted by Gasteiger charge is -2.18. The van der Waals surface area contributed by atoms with Gasteiger partial charge in [-0.05, 0) is 41.0 Å². The van der Waals surface area contributed by atoms with E-state index in [0.717, 1.165) is 11.1 Å². The van der Waals surface area contributed by atoms with E-state index in [4.69, 9.17) is 0 Å². The number of nitrogens with one attached hydrogen (secondary N) is 2. The first-order chi connectivity index (χ1) is 15.2. The molecule has 0 spiro atoms. The van der Waals surface area contributed by atoms with Crippen molar-refractivity contribution in [3.63, 3.8) is 0 Å². The average Bonchev–Trinajstić information content (AvgIpc) is 2.78. The van der Waals surface area contributed by atoms with Crippen molar-refractivity contribution in [2.24, 2.45) is 0 Å². The summed E-state index contributed by atoms with van der Waals surface area (Å²) in [5.41, 5.74) is 2.29. The van der Waals surface area contributed by atoms with Crippen molar-refractivity contribution in [2.75, 3.05) is 5.32 Å². The van der Waals surface area contributed by atoms with Gasteiger partial charge in [0.1, 0.15) is 0 Å². The topological polar surface area (TPSA) is 97.4 Å². The van der Waals surface area contributed by atoms with Crippen LogP contribution in [0.2, 0.25) is 0 Å². The highest BCUT2D eigenvalue weighted by Crippen LogP contribution is 2.22. The molecule has 0 aliphatic carbocycles. The van der Waals surface area contributed by atoms with E-state index in [1.165, 1.54) is 24.3 Å². The van der Waals surface area contributed by atoms with Crippen molar-refractivity contribution in [3.05, 3.63) is 84.7 Å². The predicted octanol–water partition coefficient (Wildman–Crippen LogP) is 4.24. The van der Waals surface area contributed by atoms with Gasteiger partial charge in [-0.15, -0.1) is 0 Å². The van der Waals surface area contributed by atoms with Gasteiger partial charge in [-0.2, -0.15) is 13.2 Å². The quantitative estimate of drug-likeness (QED) is 0.454. The first-order valence-corrected chi connectivity index (χ1v) is 9.20. The maximum absolute atomic E-state index is 12.5. The SMILES string of the molecule is O=C(Nc1ccc(-c2ccncc2)cc1)NC(C(=O)OC(=O)C(F)(F)F)c1ccccc1. The first kappa shape index (κ1) is 22.5. The number of carbonyl (C=O) groups excluding carboxylic acids is 3. The van der Waals surface area contributed by atoms with Gasteiger partial charge in [0.25, 0.3) is 0 Å². The van der Waals surface area contributed by atoms with Crippen LogP contribution in [0.5, 0.6) is 0 Å². The number of ether oxygens (including phenoxy) is 1. The van der Waals surface area contributed by atoms with Gasteiger partial charge in [0, 0.05) is 18.1 Å². The van der Waals surface area contributed by atoms with E-state index in [-0.39, 0.29) is 5.56 Å². The summed E-state index contributed by atoms with van der Waals surface area (Å²) >= 11 is 0. The minimum absolute atomic E-state index is 0.135. The molecule has 0 saturated heterocycles. The third-order valence-electron chi connectivity index (χ3n) is 4.23. The van der Waals surface area contributed by atoms with E-state index in [9.17, 15) is 27.6 Å². The number of carbonyl (C=O) groups is 3. The fraction of sp³-hybridized carbons (Fsp3) is 0.0909. The zero-order chi connectivity index (χ0) is 23.1. The summed E-state index contributed by atoms with van der Waals surface area (Å²) in [6.07, 6.45) is -2.07. The summed E-state index contributed by atoms with van der Waals surface area (Å²) in [5, 5.41) is 4.71. The second-order valence-electron chi connectivity index (χ2n) is 6.46. The van der Waals surface area contributed by atoms with E-state index in [0.29, 0.717) is 5.69 Å². The molecule has 2 N–H and O–H groups in total. The summed E-state index contributed by atoms with van der Waals surface area (Å²) < 4.78 is 41.2. The second kappa shape index (κ2) is 9.73. The number of pyridine rings is 1. The molecule has 1 atom stereocenters. The van der Waals surface area contributed by atoms with Crippen LogP contribution >= 0.6 is 0 Å². The van der Waals surface area contributed by atoms with Crippen LogP contribution < -0.4 is 10.6 Å². The zero-order valence-electron chi connectivity index (χ0n) is 16.3. The predicted molar refractivity (Wildman–Crippen MR) is 108 cm³/mol. The summed E-state index contributed by atoms with van der Waals surface area (Å²) in [4.78, 5) is 39.6. The molecule has 1 heterocycles. The standard InChI is InChI=1S/C22H16F3N3O4/c23-22(24,25)20(30)32-19(29)18(16-4-2-1-3-5-16)28-21(31)27-17-8-6-14(7-9-17)15-10-12-26-13-11-15/h1-13,18H,(H2,27,28,31). The third kappa shape index (κ3) is 5.91. The highest BCUT2D eigenvalue weighted by atomic mass is 19.4. The van der Waals surface area contributed by atoms with Gasteiger partial charge in [-0.25, -0.2) is 14.4 Å². The molecule has 0 bridgehead atoms. The number of anilines is 1. The van der Waals surface area contributed by atoms with Gasteiger partial charge in [0.15, 0.2) is 6.04 Å². The molecule has 0 fully saturated rings. The van der Waals surface area contributed by atoms with Gasteiger partial charge in [-0.1, -0.05) is 42.5 Å². The largest absolute Gasteiger partial charge is 0.491 e. The number of hydrogen-bond donors (Lipinski definition) is 2. The van der Waals surface area contributed by atoms with Crippen molar-refractivity contribution in [1.82, 2.24) is 10.3 Å². The molecule has 1 unspecified atom stereocenters. The fourth-order valence-corrected chi connectivity index (χ4v) is 2.72. The van der Waals surface area contributed by atoms with Crippen LogP contribution in [-0.2, 0) is 14.3 Å². The number of benzene rings is 2. The molecule has 0 radical (unpaired) electrons. The van der Waals surface area contributed by atoms with Gasteiger partial charge >= 0.3 is 24.1 Å². The molecule has 3 aromatic rings. The van der Waals surface area contributed by atoms with E-state index < -0.39 is 30.2 Å². The Bertz CT molecular complexity index is 1090. The van der Waals surface area contributed by atoms with Crippen LogP contribution in [0.25, 0.3) is 11.1 Å². The summed E-state index contributed by atoms with van der Waals surface area (Å²) in [6, 6.07) is 15.2. The Morgan fingerprint density at radius 2 is 1.44 bits per heavy atom. The first-order valence-electron chi connectivity index (χ1n) is 9.20. The maximum Gasteiger partial charge on any atom is 0.491 e. The van der Waals surface area contributed by atoms with Crippen LogP contribution in [0.3, 0.4) is 0 Å². The van der Waals surface area contributed by atoms with Crippen molar-refractivity contribution in [2.45, 2.75) is 12.2 Å². The molecule has 0 aliphatic heterocycles. The number of hydrogen-bond acceptors (Lipinski definition) is 5. The number of esters is 2. The molecule has 2 aromatic carbocycles. The summed E-state index contributed by atoms with van der Waals surface area (Å²) in [5.74, 6) is -4.24. The number of rotatable bonds is 5. The Labute approximate surface area is 180 Å². The van der Waals surface area contributed by atoms with Crippen LogP contribution in [0.15, 0.2) is 79.1 Å². The minimum atomic E-state index is -5.35. The molecule has 10 heteroatoms. The number of amides is 2. The minimum Gasteiger partial charge on any atom is -0.385 e. The molecule has 3 rings (SSSR count). The Morgan fingerprint density at radius 1 is 0.844 bits per heavy atom. The van der Waals surface area contributed by atoms with E-state index in [1.807, 2.05) is 12.1 Å². The van der Waals surface area contributed by atoms with Crippen LogP contribution in [-0.4, -0.2) is 29.1 Å². The smallest absolute Gasteiger partial charge is 0.385 e. The number of halogens is 3. The molecular weight excluding hydrogens is 427 g/mol. The number of urea groups is 1. The molecule has 32 heavy (non-hydrogen) atoms. The molecule has 164 valence electrons. The molecule has 1 aromatic heterocycles. The zero-order valence-corrected chi connectivity index (χ0v) is 16.3. The fourth-order valence-electron chi connectivity index (χ4n) is 2.72. The monoisotopic (exact) mass is 443 g/mol. The van der Waals surface area contributed by atoms with Gasteiger partial charge in [0.2, 0.25) is 0 Å². The van der Waals surface area contributed by atoms with E-state index >= 15 is 0 Å². The van der Waals surface area contributed by atoms with Gasteiger partial charge in [-0.3, -0.25) is 4.98 Å². The molecule has 7 nitrogen and oxygen atoms in total. The maximum atomic E-state index is 12.5. The Kier molecular flexibility index (Phi) is 6.83. The van der Waals surface area contributed by atoms with Crippen molar-refractivity contribution in [3.8, 4) is 11.1 Å². The van der Waals surface area contributed by atoms with Crippen molar-refractivity contribution >= 4 is 23.7 Å². The van der Waals surface area contributed by atoms with Crippen molar-refractivity contribution in [1.29, 1.82) is 0 Å². The normalized spacial score (nSPS) is 11.8. The average molecular weight is 443 g/mol. The number of aromatic nitrogens is 1. The van der Waals surface area contributed by atoms with E-state index in [1.54, 1.807) is 42.7 Å². The highest BCUT2D eigenvalue weighted by molar-refractivity contribution is 5.96. The lowest BCUT2D eigenvalue weighted by molar-refractivity contribution is -0.202. The Morgan fingerprint density at radius 3 is 2.03 bits per heavy atom. The number of alkyl halides is 3. The Hall–Kier alpha value is -4.21.